The molecule has 1 amide bonds. The number of rotatable bonds is 3. The van der Waals surface area contributed by atoms with E-state index in [-0.39, 0.29) is 13.0 Å². The predicted octanol–water partition coefficient (Wildman–Crippen LogP) is 0.0728. The normalized spacial score (nSPS) is 9.14. The lowest BCUT2D eigenvalue weighted by molar-refractivity contribution is 0.159. The first-order valence-electron chi connectivity index (χ1n) is 3.21. The summed E-state index contributed by atoms with van der Waals surface area (Å²) in [7, 11) is -4.06. The second kappa shape index (κ2) is 5.69. The molecule has 0 aromatic rings. The molecule has 0 saturated heterocycles. The molecule has 0 aliphatic carbocycles. The number of carbonyl (C=O) groups excluding carboxylic acids is 1. The van der Waals surface area contributed by atoms with Crippen molar-refractivity contribution < 1.29 is 17.9 Å². The number of carbonyl (C=O) groups is 1. The molecule has 0 radical (unpaired) electrons. The summed E-state index contributed by atoms with van der Waals surface area (Å²) in [6, 6.07) is 0. The van der Waals surface area contributed by atoms with E-state index in [1.165, 1.54) is 0 Å². The molecule has 0 heterocycles. The fourth-order valence-electron chi connectivity index (χ4n) is 0.413. The molecule has 0 aromatic heterocycles. The van der Waals surface area contributed by atoms with Gasteiger partial charge < -0.3 is 10.5 Å². The van der Waals surface area contributed by atoms with Crippen LogP contribution in [0.2, 0.25) is 0 Å². The van der Waals surface area contributed by atoms with Crippen LogP contribution in [-0.2, 0) is 14.8 Å². The van der Waals surface area contributed by atoms with Gasteiger partial charge in [-0.3, -0.25) is 0 Å². The maximum absolute atomic E-state index is 10.6. The van der Waals surface area contributed by atoms with Crippen LogP contribution < -0.4 is 5.73 Å². The zero-order valence-corrected chi connectivity index (χ0v) is 7.69. The van der Waals surface area contributed by atoms with Gasteiger partial charge in [-0.05, 0) is 5.53 Å². The van der Waals surface area contributed by atoms with Crippen LogP contribution in [0.5, 0.6) is 0 Å². The molecule has 0 atom stereocenters. The summed E-state index contributed by atoms with van der Waals surface area (Å²) in [5, 5.41) is 1.70. The summed E-state index contributed by atoms with van der Waals surface area (Å²) in [6.07, 6.45) is -0.979. The van der Waals surface area contributed by atoms with Gasteiger partial charge in [-0.25, -0.2) is 13.2 Å². The van der Waals surface area contributed by atoms with Crippen molar-refractivity contribution in [1.82, 2.24) is 0 Å². The van der Waals surface area contributed by atoms with Crippen molar-refractivity contribution in [1.29, 1.82) is 0 Å². The Kier molecular flexibility index (Phi) is 4.91. The maximum atomic E-state index is 10.6. The smallest absolute Gasteiger partial charge is 0.404 e. The van der Waals surface area contributed by atoms with Crippen LogP contribution in [0.15, 0.2) is 4.52 Å². The third-order valence-electron chi connectivity index (χ3n) is 0.817. The topological polar surface area (TPSA) is 135 Å². The predicted molar refractivity (Wildman–Crippen MR) is 46.0 cm³/mol. The van der Waals surface area contributed by atoms with Crippen molar-refractivity contribution >= 4 is 16.1 Å². The van der Waals surface area contributed by atoms with E-state index < -0.39 is 16.1 Å². The molecule has 0 aromatic carbocycles. The van der Waals surface area contributed by atoms with Crippen molar-refractivity contribution in [3.05, 3.63) is 10.4 Å². The molecule has 0 unspecified atom stereocenters. The number of hydrogen-bond acceptors (Lipinski definition) is 4. The minimum atomic E-state index is -4.06. The van der Waals surface area contributed by atoms with Crippen LogP contribution in [0, 0.1) is 11.2 Å². The zero-order chi connectivity index (χ0) is 11.0. The van der Waals surface area contributed by atoms with Gasteiger partial charge in [0, 0.05) is 21.1 Å². The van der Waals surface area contributed by atoms with Gasteiger partial charge in [-0.2, -0.15) is 0 Å². The summed E-state index contributed by atoms with van der Waals surface area (Å²) < 4.78 is 27.9. The Balaban J connectivity index is 4.07. The first-order valence-corrected chi connectivity index (χ1v) is 4.65. The Morgan fingerprint density at radius 2 is 2.29 bits per heavy atom. The molecule has 9 heteroatoms. The van der Waals surface area contributed by atoms with Crippen LogP contribution >= 0.6 is 0 Å². The van der Waals surface area contributed by atoms with Gasteiger partial charge in [0.05, 0.1) is 0 Å². The number of amides is 1. The highest BCUT2D eigenvalue weighted by Gasteiger charge is 1.98. The second-order valence-electron chi connectivity index (χ2n) is 1.84. The van der Waals surface area contributed by atoms with E-state index in [4.69, 9.17) is 5.53 Å². The number of hydrogen-bond donors (Lipinski definition) is 1. The summed E-state index contributed by atoms with van der Waals surface area (Å²) >= 11 is 0. The minimum absolute atomic E-state index is 0.0108. The molecular weight excluding hydrogens is 212 g/mol. The van der Waals surface area contributed by atoms with E-state index in [0.717, 1.165) is 0 Å². The second-order valence-corrected chi connectivity index (χ2v) is 3.16. The van der Waals surface area contributed by atoms with Gasteiger partial charge >= 0.3 is 16.1 Å². The summed E-state index contributed by atoms with van der Waals surface area (Å²) in [5.74, 6) is 2.13. The average Bonchev–Trinajstić information content (AvgIpc) is 2.02. The summed E-state index contributed by atoms with van der Waals surface area (Å²) in [4.78, 5) is 12.1. The average molecular weight is 218 g/mol. The standard InChI is InChI=1S/C5H6N4O4S/c6-5(10)13-3-1-2-4-14(11,12)9-8-7/h1,3H2,(H2,6,10). The highest BCUT2D eigenvalue weighted by atomic mass is 32.2. The van der Waals surface area contributed by atoms with Crippen molar-refractivity contribution in [2.45, 2.75) is 6.42 Å². The van der Waals surface area contributed by atoms with Gasteiger partial charge in [0.1, 0.15) is 6.61 Å². The van der Waals surface area contributed by atoms with Gasteiger partial charge in [0.15, 0.2) is 0 Å². The fraction of sp³-hybridized carbons (Fsp3) is 0.400. The molecule has 0 rings (SSSR count). The summed E-state index contributed by atoms with van der Waals surface area (Å²) in [5.41, 5.74) is 12.4. The Labute approximate surface area is 79.7 Å². The maximum Gasteiger partial charge on any atom is 0.404 e. The SMILES string of the molecule is [N-]=[N+]=NS(=O)(=O)C#CCCOC(N)=O. The number of ether oxygens (including phenoxy) is 1. The lowest BCUT2D eigenvalue weighted by Gasteiger charge is -1.93. The molecule has 0 aliphatic rings. The van der Waals surface area contributed by atoms with Crippen molar-refractivity contribution in [3.8, 4) is 11.2 Å². The number of sulfonamides is 1. The largest absolute Gasteiger partial charge is 0.449 e. The molecule has 0 aliphatic heterocycles. The molecule has 8 nitrogen and oxygen atoms in total. The van der Waals surface area contributed by atoms with Gasteiger partial charge in [0.25, 0.3) is 0 Å². The molecule has 76 valence electrons. The van der Waals surface area contributed by atoms with Gasteiger partial charge in [0.2, 0.25) is 0 Å². The minimum Gasteiger partial charge on any atom is -0.449 e. The Bertz CT molecular complexity index is 411. The third kappa shape index (κ3) is 6.78. The van der Waals surface area contributed by atoms with Gasteiger partial charge in [-0.1, -0.05) is 5.92 Å². The van der Waals surface area contributed by atoms with Crippen molar-refractivity contribution in [2.24, 2.45) is 10.3 Å². The lowest BCUT2D eigenvalue weighted by atomic mass is 10.5. The van der Waals surface area contributed by atoms with Crippen LogP contribution in [0.25, 0.3) is 10.4 Å². The zero-order valence-electron chi connectivity index (χ0n) is 6.87. The van der Waals surface area contributed by atoms with E-state index in [1.807, 2.05) is 0 Å². The Morgan fingerprint density at radius 1 is 1.64 bits per heavy atom. The number of nitrogens with zero attached hydrogens (tertiary/aromatic N) is 3. The van der Waals surface area contributed by atoms with Crippen molar-refractivity contribution in [3.63, 3.8) is 0 Å². The fourth-order valence-corrected chi connectivity index (χ4v) is 0.835. The first kappa shape index (κ1) is 12.1. The molecule has 0 bridgehead atoms. The quantitative estimate of drug-likeness (QED) is 0.235. The first-order chi connectivity index (χ1) is 6.48. The van der Waals surface area contributed by atoms with Crippen LogP contribution in [-0.4, -0.2) is 21.1 Å². The molecule has 0 saturated carbocycles. The van der Waals surface area contributed by atoms with Crippen LogP contribution in [0.3, 0.4) is 0 Å². The van der Waals surface area contributed by atoms with E-state index in [2.05, 4.69) is 25.8 Å². The van der Waals surface area contributed by atoms with E-state index in [1.54, 1.807) is 5.25 Å². The number of nitrogens with two attached hydrogens (primary N) is 1. The Hall–Kier alpha value is -1.91. The van der Waals surface area contributed by atoms with Crippen LogP contribution in [0.4, 0.5) is 4.79 Å². The summed E-state index contributed by atoms with van der Waals surface area (Å²) in [6.45, 7) is -0.117. The third-order valence-corrected chi connectivity index (χ3v) is 1.51. The number of azide groups is 1. The molecule has 0 fully saturated rings. The van der Waals surface area contributed by atoms with Crippen molar-refractivity contribution in [2.75, 3.05) is 6.61 Å². The van der Waals surface area contributed by atoms with E-state index >= 15 is 0 Å². The highest BCUT2D eigenvalue weighted by Crippen LogP contribution is 1.89. The lowest BCUT2D eigenvalue weighted by Crippen LogP contribution is -2.13. The number of primary amides is 1. The molecule has 14 heavy (non-hydrogen) atoms. The van der Waals surface area contributed by atoms with Gasteiger partial charge in [-0.15, -0.1) is 0 Å². The van der Waals surface area contributed by atoms with E-state index in [9.17, 15) is 13.2 Å². The molecular formula is C5H6N4O4S. The van der Waals surface area contributed by atoms with Crippen LogP contribution in [0.1, 0.15) is 6.42 Å². The monoisotopic (exact) mass is 218 g/mol. The van der Waals surface area contributed by atoms with E-state index in [0.29, 0.717) is 0 Å². The highest BCUT2D eigenvalue weighted by molar-refractivity contribution is 7.94. The molecule has 0 spiro atoms. The molecule has 2 N–H and O–H groups in total. The Morgan fingerprint density at radius 3 is 2.79 bits per heavy atom.